The first-order valence-corrected chi connectivity index (χ1v) is 10.3. The molecule has 0 saturated carbocycles. The monoisotopic (exact) mass is 395 g/mol. The molecule has 2 saturated heterocycles. The normalized spacial score (nSPS) is 19.9. The summed E-state index contributed by atoms with van der Waals surface area (Å²) in [4.78, 5) is 21.3. The van der Waals surface area contributed by atoms with E-state index in [-0.39, 0.29) is 12.0 Å². The Kier molecular flexibility index (Phi) is 6.27. The van der Waals surface area contributed by atoms with Gasteiger partial charge in [0.15, 0.2) is 0 Å². The summed E-state index contributed by atoms with van der Waals surface area (Å²) in [6.07, 6.45) is 3.84. The average molecular weight is 396 g/mol. The van der Waals surface area contributed by atoms with Gasteiger partial charge in [-0.05, 0) is 56.3 Å². The van der Waals surface area contributed by atoms with Crippen LogP contribution < -0.4 is 15.5 Å². The molecule has 2 aliphatic heterocycles. The van der Waals surface area contributed by atoms with E-state index in [0.29, 0.717) is 12.2 Å². The Bertz CT molecular complexity index is 812. The van der Waals surface area contributed by atoms with Crippen molar-refractivity contribution in [2.75, 3.05) is 56.6 Å². The molecule has 0 radical (unpaired) electrons. The van der Waals surface area contributed by atoms with Gasteiger partial charge in [-0.1, -0.05) is 0 Å². The molecule has 7 heteroatoms. The summed E-state index contributed by atoms with van der Waals surface area (Å²) in [6.45, 7) is 5.61. The van der Waals surface area contributed by atoms with Crippen LogP contribution in [0.4, 0.5) is 17.1 Å². The van der Waals surface area contributed by atoms with Crippen LogP contribution in [0, 0.1) is 0 Å². The number of ether oxygens (including phenoxy) is 1. The molecule has 154 valence electrons. The number of anilines is 3. The second kappa shape index (κ2) is 9.24. The van der Waals surface area contributed by atoms with E-state index in [1.807, 2.05) is 6.07 Å². The Morgan fingerprint density at radius 1 is 1.14 bits per heavy atom. The molecule has 1 aromatic heterocycles. The number of piperazine rings is 1. The number of carbonyl (C=O) groups is 1. The fraction of sp³-hybridized carbons (Fsp3) is 0.455. The maximum absolute atomic E-state index is 12.4. The molecule has 4 rings (SSSR count). The molecule has 1 unspecified atom stereocenters. The number of amides is 1. The number of hydrogen-bond acceptors (Lipinski definition) is 6. The lowest BCUT2D eigenvalue weighted by atomic mass is 10.2. The van der Waals surface area contributed by atoms with Gasteiger partial charge in [-0.25, -0.2) is 0 Å². The zero-order valence-electron chi connectivity index (χ0n) is 16.9. The summed E-state index contributed by atoms with van der Waals surface area (Å²) < 4.78 is 5.55. The predicted molar refractivity (Wildman–Crippen MR) is 115 cm³/mol. The first-order chi connectivity index (χ1) is 14.2. The van der Waals surface area contributed by atoms with E-state index in [9.17, 15) is 4.79 Å². The van der Waals surface area contributed by atoms with Gasteiger partial charge >= 0.3 is 0 Å². The van der Waals surface area contributed by atoms with Gasteiger partial charge in [0.05, 0.1) is 6.10 Å². The molecule has 2 N–H and O–H groups in total. The molecule has 0 bridgehead atoms. The smallest absolute Gasteiger partial charge is 0.270 e. The molecule has 1 aromatic carbocycles. The van der Waals surface area contributed by atoms with E-state index in [2.05, 4.69) is 56.7 Å². The summed E-state index contributed by atoms with van der Waals surface area (Å²) in [5.41, 5.74) is 3.48. The van der Waals surface area contributed by atoms with Crippen molar-refractivity contribution in [3.8, 4) is 0 Å². The highest BCUT2D eigenvalue weighted by Gasteiger charge is 2.17. The molecule has 2 aromatic rings. The molecule has 2 aliphatic rings. The minimum absolute atomic E-state index is 0.124. The zero-order chi connectivity index (χ0) is 20.1. The van der Waals surface area contributed by atoms with Crippen molar-refractivity contribution in [2.45, 2.75) is 18.9 Å². The average Bonchev–Trinajstić information content (AvgIpc) is 3.27. The van der Waals surface area contributed by atoms with E-state index in [0.717, 1.165) is 57.0 Å². The van der Waals surface area contributed by atoms with Gasteiger partial charge in [0.25, 0.3) is 5.91 Å². The molecule has 0 spiro atoms. The van der Waals surface area contributed by atoms with Gasteiger partial charge in [0.2, 0.25) is 0 Å². The number of rotatable bonds is 6. The van der Waals surface area contributed by atoms with Crippen LogP contribution in [0.3, 0.4) is 0 Å². The molecule has 1 amide bonds. The molecule has 2 fully saturated rings. The van der Waals surface area contributed by atoms with E-state index in [1.54, 1.807) is 12.3 Å². The lowest BCUT2D eigenvalue weighted by Crippen LogP contribution is -2.44. The molecule has 3 heterocycles. The van der Waals surface area contributed by atoms with Crippen molar-refractivity contribution < 1.29 is 9.53 Å². The van der Waals surface area contributed by atoms with Crippen LogP contribution in [0.15, 0.2) is 42.6 Å². The van der Waals surface area contributed by atoms with E-state index >= 15 is 0 Å². The van der Waals surface area contributed by atoms with Crippen molar-refractivity contribution in [2.24, 2.45) is 0 Å². The Labute approximate surface area is 172 Å². The highest BCUT2D eigenvalue weighted by molar-refractivity contribution is 5.93. The molecule has 7 nitrogen and oxygen atoms in total. The number of nitrogens with one attached hydrogen (secondary N) is 2. The second-order valence-electron chi connectivity index (χ2n) is 7.74. The third-order valence-corrected chi connectivity index (χ3v) is 5.53. The number of benzene rings is 1. The van der Waals surface area contributed by atoms with Crippen LogP contribution >= 0.6 is 0 Å². The zero-order valence-corrected chi connectivity index (χ0v) is 16.9. The topological polar surface area (TPSA) is 69.7 Å². The van der Waals surface area contributed by atoms with Crippen LogP contribution in [0.25, 0.3) is 0 Å². The quantitative estimate of drug-likeness (QED) is 0.783. The van der Waals surface area contributed by atoms with E-state index < -0.39 is 0 Å². The fourth-order valence-electron chi connectivity index (χ4n) is 3.72. The van der Waals surface area contributed by atoms with Crippen molar-refractivity contribution in [1.29, 1.82) is 0 Å². The number of carbonyl (C=O) groups excluding carboxylic acids is 1. The maximum atomic E-state index is 12.4. The Morgan fingerprint density at radius 2 is 1.93 bits per heavy atom. The standard InChI is InChI=1S/C22H29N5O2/c1-26-10-12-27(13-11-26)19-6-4-17(5-7-19)25-18-8-9-23-21(15-18)22(28)24-16-20-3-2-14-29-20/h4-9,15,20H,2-3,10-14,16H2,1H3,(H,23,25)(H,24,28). The van der Waals surface area contributed by atoms with Crippen LogP contribution in [0.2, 0.25) is 0 Å². The van der Waals surface area contributed by atoms with Gasteiger partial charge in [-0.2, -0.15) is 0 Å². The third-order valence-electron chi connectivity index (χ3n) is 5.53. The number of hydrogen-bond donors (Lipinski definition) is 2. The highest BCUT2D eigenvalue weighted by Crippen LogP contribution is 2.22. The third kappa shape index (κ3) is 5.25. The second-order valence-corrected chi connectivity index (χ2v) is 7.74. The number of nitrogens with zero attached hydrogens (tertiary/aromatic N) is 3. The Morgan fingerprint density at radius 3 is 2.66 bits per heavy atom. The van der Waals surface area contributed by atoms with Crippen molar-refractivity contribution in [3.63, 3.8) is 0 Å². The summed E-state index contributed by atoms with van der Waals surface area (Å²) in [7, 11) is 2.16. The SMILES string of the molecule is CN1CCN(c2ccc(Nc3ccnc(C(=O)NCC4CCCO4)c3)cc2)CC1. The number of likely N-dealkylation sites (N-methyl/N-ethyl adjacent to an activating group) is 1. The lowest BCUT2D eigenvalue weighted by Gasteiger charge is -2.34. The van der Waals surface area contributed by atoms with Crippen LogP contribution in [-0.4, -0.2) is 68.3 Å². The van der Waals surface area contributed by atoms with Crippen LogP contribution in [0.1, 0.15) is 23.3 Å². The Balaban J connectivity index is 1.34. The predicted octanol–water partition coefficient (Wildman–Crippen LogP) is 2.49. The number of aromatic nitrogens is 1. The largest absolute Gasteiger partial charge is 0.376 e. The van der Waals surface area contributed by atoms with E-state index in [4.69, 9.17) is 4.74 Å². The Hall–Kier alpha value is -2.64. The van der Waals surface area contributed by atoms with Gasteiger partial charge in [0, 0.05) is 62.6 Å². The molecule has 1 atom stereocenters. The number of pyridine rings is 1. The van der Waals surface area contributed by atoms with E-state index in [1.165, 1.54) is 5.69 Å². The summed E-state index contributed by atoms with van der Waals surface area (Å²) in [5, 5.41) is 6.28. The molecular formula is C22H29N5O2. The molecular weight excluding hydrogens is 366 g/mol. The lowest BCUT2D eigenvalue weighted by molar-refractivity contribution is 0.0854. The highest BCUT2D eigenvalue weighted by atomic mass is 16.5. The van der Waals surface area contributed by atoms with Gasteiger partial charge in [-0.3, -0.25) is 9.78 Å². The fourth-order valence-corrected chi connectivity index (χ4v) is 3.72. The van der Waals surface area contributed by atoms with Gasteiger partial charge < -0.3 is 25.2 Å². The van der Waals surface area contributed by atoms with Crippen molar-refractivity contribution >= 4 is 23.0 Å². The van der Waals surface area contributed by atoms with Crippen LogP contribution in [-0.2, 0) is 4.74 Å². The summed E-state index contributed by atoms with van der Waals surface area (Å²) in [6, 6.07) is 12.1. The summed E-state index contributed by atoms with van der Waals surface area (Å²) in [5.74, 6) is -0.172. The minimum Gasteiger partial charge on any atom is -0.376 e. The van der Waals surface area contributed by atoms with Gasteiger partial charge in [-0.15, -0.1) is 0 Å². The molecule has 29 heavy (non-hydrogen) atoms. The van der Waals surface area contributed by atoms with Gasteiger partial charge in [0.1, 0.15) is 5.69 Å². The first kappa shape index (κ1) is 19.7. The van der Waals surface area contributed by atoms with Crippen molar-refractivity contribution in [3.05, 3.63) is 48.3 Å². The van der Waals surface area contributed by atoms with Crippen LogP contribution in [0.5, 0.6) is 0 Å². The maximum Gasteiger partial charge on any atom is 0.270 e. The summed E-state index contributed by atoms with van der Waals surface area (Å²) >= 11 is 0. The van der Waals surface area contributed by atoms with Crippen molar-refractivity contribution in [1.82, 2.24) is 15.2 Å². The first-order valence-electron chi connectivity index (χ1n) is 10.3. The minimum atomic E-state index is -0.172. The molecule has 0 aliphatic carbocycles.